The molecular formula is C24H33N3O5S. The zero-order valence-corrected chi connectivity index (χ0v) is 20.0. The normalized spacial score (nSPS) is 11.0. The average molecular weight is 476 g/mol. The molecule has 0 atom stereocenters. The van der Waals surface area contributed by atoms with Gasteiger partial charge >= 0.3 is 0 Å². The third-order valence-corrected chi connectivity index (χ3v) is 5.52. The van der Waals surface area contributed by atoms with Crippen LogP contribution >= 0.6 is 0 Å². The number of benzene rings is 2. The molecule has 8 nitrogen and oxygen atoms in total. The molecule has 180 valence electrons. The highest BCUT2D eigenvalue weighted by Gasteiger charge is 2.10. The summed E-state index contributed by atoms with van der Waals surface area (Å²) < 4.78 is 30.6. The van der Waals surface area contributed by atoms with Gasteiger partial charge in [-0.05, 0) is 48.9 Å². The molecule has 0 spiro atoms. The molecule has 9 heteroatoms. The Morgan fingerprint density at radius 2 is 1.42 bits per heavy atom. The lowest BCUT2D eigenvalue weighted by molar-refractivity contribution is -0.123. The molecule has 0 aliphatic heterocycles. The maximum absolute atomic E-state index is 12.0. The van der Waals surface area contributed by atoms with Crippen LogP contribution in [0.4, 0.5) is 5.69 Å². The number of methoxy groups -OCH3 is 1. The number of carbonyl (C=O) groups is 2. The van der Waals surface area contributed by atoms with E-state index in [2.05, 4.69) is 15.4 Å². The van der Waals surface area contributed by atoms with E-state index in [4.69, 9.17) is 4.74 Å². The molecule has 0 fully saturated rings. The molecule has 3 N–H and O–H groups in total. The summed E-state index contributed by atoms with van der Waals surface area (Å²) in [7, 11) is -1.96. The van der Waals surface area contributed by atoms with Gasteiger partial charge in [0.2, 0.25) is 21.8 Å². The van der Waals surface area contributed by atoms with E-state index in [0.717, 1.165) is 18.2 Å². The number of hydrogen-bond acceptors (Lipinski definition) is 5. The highest BCUT2D eigenvalue weighted by atomic mass is 32.2. The summed E-state index contributed by atoms with van der Waals surface area (Å²) in [6, 6.07) is 15.2. The van der Waals surface area contributed by atoms with Crippen molar-refractivity contribution >= 4 is 27.5 Å². The molecule has 0 saturated carbocycles. The van der Waals surface area contributed by atoms with Crippen LogP contribution in [0.15, 0.2) is 48.5 Å². The second-order valence-electron chi connectivity index (χ2n) is 7.80. The van der Waals surface area contributed by atoms with Gasteiger partial charge in [-0.3, -0.25) is 14.3 Å². The van der Waals surface area contributed by atoms with Gasteiger partial charge in [0, 0.05) is 25.9 Å². The third-order valence-electron chi connectivity index (χ3n) is 4.93. The predicted octanol–water partition coefficient (Wildman–Crippen LogP) is 2.64. The van der Waals surface area contributed by atoms with E-state index in [1.165, 1.54) is 12.7 Å². The third kappa shape index (κ3) is 10.9. The van der Waals surface area contributed by atoms with Gasteiger partial charge in [0.25, 0.3) is 0 Å². The summed E-state index contributed by atoms with van der Waals surface area (Å²) >= 11 is 0. The predicted molar refractivity (Wildman–Crippen MR) is 130 cm³/mol. The van der Waals surface area contributed by atoms with Crippen LogP contribution in [0.2, 0.25) is 0 Å². The van der Waals surface area contributed by atoms with E-state index in [9.17, 15) is 18.0 Å². The Morgan fingerprint density at radius 1 is 0.848 bits per heavy atom. The largest absolute Gasteiger partial charge is 0.495 e. The van der Waals surface area contributed by atoms with Crippen molar-refractivity contribution in [3.8, 4) is 5.75 Å². The summed E-state index contributed by atoms with van der Waals surface area (Å²) in [5.74, 6) is 0.365. The van der Waals surface area contributed by atoms with Gasteiger partial charge in [-0.25, -0.2) is 8.42 Å². The van der Waals surface area contributed by atoms with Gasteiger partial charge < -0.3 is 15.4 Å². The van der Waals surface area contributed by atoms with Crippen LogP contribution in [-0.4, -0.2) is 46.7 Å². The van der Waals surface area contributed by atoms with Crippen molar-refractivity contribution in [2.75, 3.05) is 31.2 Å². The second-order valence-corrected chi connectivity index (χ2v) is 9.55. The van der Waals surface area contributed by atoms with E-state index in [0.29, 0.717) is 56.6 Å². The van der Waals surface area contributed by atoms with Crippen LogP contribution < -0.4 is 20.1 Å². The zero-order chi connectivity index (χ0) is 24.1. The number of hydrogen-bond donors (Lipinski definition) is 3. The Bertz CT molecular complexity index is 1010. The molecule has 2 aromatic rings. The number of anilines is 1. The van der Waals surface area contributed by atoms with Gasteiger partial charge in [0.1, 0.15) is 5.75 Å². The first-order valence-corrected chi connectivity index (χ1v) is 12.9. The molecule has 0 heterocycles. The quantitative estimate of drug-likeness (QED) is 0.364. The minimum Gasteiger partial charge on any atom is -0.495 e. The highest BCUT2D eigenvalue weighted by molar-refractivity contribution is 7.92. The van der Waals surface area contributed by atoms with Crippen LogP contribution in [-0.2, 0) is 32.5 Å². The fraction of sp³-hybridized carbons (Fsp3) is 0.417. The standard InChI is InChI=1S/C24H33N3O5S/c1-32-22-13-12-20(18-21(22)27-33(2,30)31)15-17-26-24(29)11-7-6-10-23(28)25-16-14-19-8-4-3-5-9-19/h3-5,8-9,12-13,18,27H,6-7,10-11,14-17H2,1-2H3,(H,25,28)(H,26,29). The maximum atomic E-state index is 12.0. The molecule has 0 aliphatic rings. The summed E-state index contributed by atoms with van der Waals surface area (Å²) in [6.07, 6.45) is 4.50. The fourth-order valence-corrected chi connectivity index (χ4v) is 3.83. The minimum absolute atomic E-state index is 0.00403. The van der Waals surface area contributed by atoms with Crippen molar-refractivity contribution < 1.29 is 22.7 Å². The molecule has 0 unspecified atom stereocenters. The number of nitrogens with one attached hydrogen (secondary N) is 3. The van der Waals surface area contributed by atoms with E-state index in [1.54, 1.807) is 12.1 Å². The first-order valence-electron chi connectivity index (χ1n) is 11.0. The summed E-state index contributed by atoms with van der Waals surface area (Å²) in [6.45, 7) is 1.04. The molecule has 0 radical (unpaired) electrons. The Hall–Kier alpha value is -3.07. The van der Waals surface area contributed by atoms with E-state index in [1.807, 2.05) is 36.4 Å². The van der Waals surface area contributed by atoms with Gasteiger partial charge in [0.15, 0.2) is 0 Å². The topological polar surface area (TPSA) is 114 Å². The van der Waals surface area contributed by atoms with Crippen molar-refractivity contribution in [1.29, 1.82) is 0 Å². The molecule has 0 bridgehead atoms. The lowest BCUT2D eigenvalue weighted by Gasteiger charge is -2.12. The monoisotopic (exact) mass is 475 g/mol. The number of sulfonamides is 1. The van der Waals surface area contributed by atoms with E-state index in [-0.39, 0.29) is 11.8 Å². The summed E-state index contributed by atoms with van der Waals surface area (Å²) in [5.41, 5.74) is 2.42. The Balaban J connectivity index is 1.60. The van der Waals surface area contributed by atoms with Gasteiger partial charge in [-0.2, -0.15) is 0 Å². The molecule has 0 aromatic heterocycles. The van der Waals surface area contributed by atoms with E-state index >= 15 is 0 Å². The molecule has 2 aromatic carbocycles. The first kappa shape index (κ1) is 26.2. The Morgan fingerprint density at radius 3 is 1.97 bits per heavy atom. The Labute approximate surface area is 196 Å². The van der Waals surface area contributed by atoms with E-state index < -0.39 is 10.0 Å². The van der Waals surface area contributed by atoms with Crippen molar-refractivity contribution in [2.24, 2.45) is 0 Å². The average Bonchev–Trinajstić information content (AvgIpc) is 2.76. The summed E-state index contributed by atoms with van der Waals surface area (Å²) in [5, 5.41) is 5.77. The SMILES string of the molecule is COc1ccc(CCNC(=O)CCCCC(=O)NCCc2ccccc2)cc1NS(C)(=O)=O. The van der Waals surface area contributed by atoms with Crippen LogP contribution in [0, 0.1) is 0 Å². The number of unbranched alkanes of at least 4 members (excludes halogenated alkanes) is 1. The molecule has 2 amide bonds. The van der Waals surface area contributed by atoms with Crippen LogP contribution in [0.5, 0.6) is 5.75 Å². The van der Waals surface area contributed by atoms with Crippen molar-refractivity contribution in [3.63, 3.8) is 0 Å². The fourth-order valence-electron chi connectivity index (χ4n) is 3.28. The first-order chi connectivity index (χ1) is 15.8. The maximum Gasteiger partial charge on any atom is 0.229 e. The van der Waals surface area contributed by atoms with Crippen LogP contribution in [0.3, 0.4) is 0 Å². The van der Waals surface area contributed by atoms with Crippen molar-refractivity contribution in [2.45, 2.75) is 38.5 Å². The highest BCUT2D eigenvalue weighted by Crippen LogP contribution is 2.26. The van der Waals surface area contributed by atoms with Crippen LogP contribution in [0.1, 0.15) is 36.8 Å². The van der Waals surface area contributed by atoms with Crippen molar-refractivity contribution in [1.82, 2.24) is 10.6 Å². The molecule has 0 aliphatic carbocycles. The van der Waals surface area contributed by atoms with Crippen LogP contribution in [0.25, 0.3) is 0 Å². The van der Waals surface area contributed by atoms with Gasteiger partial charge in [-0.15, -0.1) is 0 Å². The minimum atomic E-state index is -3.43. The number of amides is 2. The molecule has 2 rings (SSSR count). The van der Waals surface area contributed by atoms with Crippen molar-refractivity contribution in [3.05, 3.63) is 59.7 Å². The lowest BCUT2D eigenvalue weighted by Crippen LogP contribution is -2.26. The number of rotatable bonds is 14. The Kier molecular flexibility index (Phi) is 10.7. The molecular weight excluding hydrogens is 442 g/mol. The van der Waals surface area contributed by atoms with Gasteiger partial charge in [0.05, 0.1) is 19.1 Å². The van der Waals surface area contributed by atoms with Gasteiger partial charge in [-0.1, -0.05) is 36.4 Å². The zero-order valence-electron chi connectivity index (χ0n) is 19.2. The molecule has 33 heavy (non-hydrogen) atoms. The second kappa shape index (κ2) is 13.5. The number of ether oxygens (including phenoxy) is 1. The molecule has 0 saturated heterocycles. The number of carbonyl (C=O) groups excluding carboxylic acids is 2. The summed E-state index contributed by atoms with van der Waals surface area (Å²) in [4.78, 5) is 23.9. The lowest BCUT2D eigenvalue weighted by atomic mass is 10.1. The smallest absolute Gasteiger partial charge is 0.229 e.